The van der Waals surface area contributed by atoms with Gasteiger partial charge in [0.15, 0.2) is 0 Å². The number of rotatable bonds is 4. The Hall–Kier alpha value is -1.46. The van der Waals surface area contributed by atoms with Gasteiger partial charge in [-0.2, -0.15) is 0 Å². The number of ether oxygens (including phenoxy) is 1. The average molecular weight is 295 g/mol. The maximum Gasteiger partial charge on any atom is 0.224 e. The molecule has 0 unspecified atom stereocenters. The number of hydrogen-bond donors (Lipinski definition) is 1. The molecule has 0 spiro atoms. The highest BCUT2D eigenvalue weighted by atomic mass is 79.9. The van der Waals surface area contributed by atoms with Crippen molar-refractivity contribution in [1.82, 2.24) is 9.97 Å². The van der Waals surface area contributed by atoms with Crippen LogP contribution in [0.2, 0.25) is 0 Å². The molecular formula is C12H11BrN2O2. The third kappa shape index (κ3) is 3.01. The first-order valence-electron chi connectivity index (χ1n) is 5.11. The Labute approximate surface area is 107 Å². The molecule has 2 aromatic rings. The number of benzene rings is 1. The molecule has 2 rings (SSSR count). The first kappa shape index (κ1) is 12.0. The number of aliphatic hydroxyl groups excluding tert-OH is 1. The summed E-state index contributed by atoms with van der Waals surface area (Å²) in [5.41, 5.74) is 1.79. The molecular weight excluding hydrogens is 284 g/mol. The molecule has 5 heteroatoms. The van der Waals surface area contributed by atoms with Crippen LogP contribution in [0.5, 0.6) is 5.88 Å². The van der Waals surface area contributed by atoms with Crippen LogP contribution in [-0.4, -0.2) is 28.3 Å². The summed E-state index contributed by atoms with van der Waals surface area (Å²) in [6.45, 7) is 0.185. The molecule has 1 aromatic heterocycles. The topological polar surface area (TPSA) is 55.2 Å². The van der Waals surface area contributed by atoms with Crippen molar-refractivity contribution in [2.75, 3.05) is 13.2 Å². The summed E-state index contributed by atoms with van der Waals surface area (Å²) in [7, 11) is 0. The fourth-order valence-corrected chi connectivity index (χ4v) is 1.67. The summed E-state index contributed by atoms with van der Waals surface area (Å²) in [6, 6.07) is 7.79. The molecule has 88 valence electrons. The highest BCUT2D eigenvalue weighted by molar-refractivity contribution is 9.10. The fraction of sp³-hybridized carbons (Fsp3) is 0.167. The van der Waals surface area contributed by atoms with Gasteiger partial charge in [0, 0.05) is 10.7 Å². The average Bonchev–Trinajstić information content (AvgIpc) is 2.38. The van der Waals surface area contributed by atoms with Gasteiger partial charge >= 0.3 is 0 Å². The molecule has 1 heterocycles. The Bertz CT molecular complexity index is 488. The Balaban J connectivity index is 2.33. The summed E-state index contributed by atoms with van der Waals surface area (Å²) in [5.74, 6) is 0.483. The largest absolute Gasteiger partial charge is 0.475 e. The number of nitrogens with zero attached hydrogens (tertiary/aromatic N) is 2. The van der Waals surface area contributed by atoms with Crippen LogP contribution in [0.3, 0.4) is 0 Å². The van der Waals surface area contributed by atoms with Crippen molar-refractivity contribution >= 4 is 15.9 Å². The normalized spacial score (nSPS) is 10.2. The van der Waals surface area contributed by atoms with E-state index in [9.17, 15) is 0 Å². The third-order valence-electron chi connectivity index (χ3n) is 2.16. The lowest BCUT2D eigenvalue weighted by molar-refractivity contribution is 0.197. The molecule has 0 radical (unpaired) electrons. The minimum atomic E-state index is -0.0379. The second-order valence-electron chi connectivity index (χ2n) is 3.32. The van der Waals surface area contributed by atoms with Gasteiger partial charge in [0.25, 0.3) is 0 Å². The zero-order valence-corrected chi connectivity index (χ0v) is 10.6. The Kier molecular flexibility index (Phi) is 4.06. The van der Waals surface area contributed by atoms with E-state index in [1.54, 1.807) is 6.20 Å². The van der Waals surface area contributed by atoms with E-state index < -0.39 is 0 Å². The smallest absolute Gasteiger partial charge is 0.224 e. The first-order valence-corrected chi connectivity index (χ1v) is 5.90. The Morgan fingerprint density at radius 1 is 1.24 bits per heavy atom. The molecule has 0 aliphatic heterocycles. The van der Waals surface area contributed by atoms with Crippen LogP contribution in [0.1, 0.15) is 0 Å². The summed E-state index contributed by atoms with van der Waals surface area (Å²) < 4.78 is 6.37. The van der Waals surface area contributed by atoms with E-state index >= 15 is 0 Å². The number of hydrogen-bond acceptors (Lipinski definition) is 4. The second kappa shape index (κ2) is 5.75. The lowest BCUT2D eigenvalue weighted by Crippen LogP contribution is -2.04. The van der Waals surface area contributed by atoms with Crippen molar-refractivity contribution in [1.29, 1.82) is 0 Å². The van der Waals surface area contributed by atoms with E-state index in [0.717, 1.165) is 15.6 Å². The third-order valence-corrected chi connectivity index (χ3v) is 2.69. The molecule has 0 aliphatic carbocycles. The van der Waals surface area contributed by atoms with Crippen molar-refractivity contribution in [3.8, 4) is 17.0 Å². The minimum Gasteiger partial charge on any atom is -0.475 e. The second-order valence-corrected chi connectivity index (χ2v) is 4.24. The Morgan fingerprint density at radius 3 is 2.71 bits per heavy atom. The van der Waals surface area contributed by atoms with E-state index in [0.29, 0.717) is 5.88 Å². The SMILES string of the molecule is OCCOc1ncncc1-c1ccc(Br)cc1. The summed E-state index contributed by atoms with van der Waals surface area (Å²) in [5, 5.41) is 8.75. The molecule has 0 bridgehead atoms. The Morgan fingerprint density at radius 2 is 2.00 bits per heavy atom. The lowest BCUT2D eigenvalue weighted by Gasteiger charge is -2.08. The predicted molar refractivity (Wildman–Crippen MR) is 67.7 cm³/mol. The van der Waals surface area contributed by atoms with E-state index in [1.807, 2.05) is 24.3 Å². The molecule has 0 amide bonds. The van der Waals surface area contributed by atoms with Crippen molar-refractivity contribution in [2.45, 2.75) is 0 Å². The van der Waals surface area contributed by atoms with Crippen molar-refractivity contribution < 1.29 is 9.84 Å². The molecule has 0 fully saturated rings. The van der Waals surface area contributed by atoms with E-state index in [2.05, 4.69) is 25.9 Å². The van der Waals surface area contributed by atoms with Crippen LogP contribution in [0.15, 0.2) is 41.3 Å². The molecule has 1 N–H and O–H groups in total. The standard InChI is InChI=1S/C12H11BrN2O2/c13-10-3-1-9(2-4-10)11-7-14-8-15-12(11)17-6-5-16/h1-4,7-8,16H,5-6H2. The van der Waals surface area contributed by atoms with E-state index in [1.165, 1.54) is 6.33 Å². The van der Waals surface area contributed by atoms with Gasteiger partial charge in [-0.25, -0.2) is 9.97 Å². The van der Waals surface area contributed by atoms with Crippen LogP contribution in [0, 0.1) is 0 Å². The van der Waals surface area contributed by atoms with Gasteiger partial charge in [-0.1, -0.05) is 28.1 Å². The van der Waals surface area contributed by atoms with Crippen LogP contribution in [0.25, 0.3) is 11.1 Å². The molecule has 17 heavy (non-hydrogen) atoms. The van der Waals surface area contributed by atoms with E-state index in [-0.39, 0.29) is 13.2 Å². The van der Waals surface area contributed by atoms with Gasteiger partial charge in [0.2, 0.25) is 5.88 Å². The van der Waals surface area contributed by atoms with Crippen molar-refractivity contribution in [3.05, 3.63) is 41.3 Å². The summed E-state index contributed by atoms with van der Waals surface area (Å²) in [6.07, 6.45) is 3.12. The minimum absolute atomic E-state index is 0.0379. The summed E-state index contributed by atoms with van der Waals surface area (Å²) >= 11 is 3.38. The van der Waals surface area contributed by atoms with Gasteiger partial charge < -0.3 is 9.84 Å². The van der Waals surface area contributed by atoms with Crippen molar-refractivity contribution in [2.24, 2.45) is 0 Å². The van der Waals surface area contributed by atoms with Crippen LogP contribution in [0.4, 0.5) is 0 Å². The highest BCUT2D eigenvalue weighted by Crippen LogP contribution is 2.27. The monoisotopic (exact) mass is 294 g/mol. The molecule has 0 atom stereocenters. The number of halogens is 1. The first-order chi connectivity index (χ1) is 8.31. The summed E-state index contributed by atoms with van der Waals surface area (Å²) in [4.78, 5) is 8.05. The predicted octanol–water partition coefficient (Wildman–Crippen LogP) is 2.28. The molecule has 0 aliphatic rings. The zero-order chi connectivity index (χ0) is 12.1. The van der Waals surface area contributed by atoms with Crippen LogP contribution in [-0.2, 0) is 0 Å². The molecule has 0 saturated heterocycles. The van der Waals surface area contributed by atoms with Crippen LogP contribution >= 0.6 is 15.9 Å². The molecule has 1 aromatic carbocycles. The molecule has 4 nitrogen and oxygen atoms in total. The van der Waals surface area contributed by atoms with Gasteiger partial charge in [0.05, 0.1) is 12.2 Å². The van der Waals surface area contributed by atoms with Gasteiger partial charge in [-0.15, -0.1) is 0 Å². The van der Waals surface area contributed by atoms with Crippen molar-refractivity contribution in [3.63, 3.8) is 0 Å². The fourth-order valence-electron chi connectivity index (χ4n) is 1.40. The maximum atomic E-state index is 8.75. The lowest BCUT2D eigenvalue weighted by atomic mass is 10.1. The van der Waals surface area contributed by atoms with Gasteiger partial charge in [-0.05, 0) is 17.7 Å². The van der Waals surface area contributed by atoms with E-state index in [4.69, 9.17) is 9.84 Å². The molecule has 0 saturated carbocycles. The maximum absolute atomic E-state index is 8.75. The number of aliphatic hydroxyl groups is 1. The quantitative estimate of drug-likeness (QED) is 0.940. The highest BCUT2D eigenvalue weighted by Gasteiger charge is 2.07. The zero-order valence-electron chi connectivity index (χ0n) is 9.01. The van der Waals surface area contributed by atoms with Gasteiger partial charge in [-0.3, -0.25) is 0 Å². The van der Waals surface area contributed by atoms with Crippen LogP contribution < -0.4 is 4.74 Å². The van der Waals surface area contributed by atoms with Gasteiger partial charge in [0.1, 0.15) is 12.9 Å². The number of aromatic nitrogens is 2.